The highest BCUT2D eigenvalue weighted by molar-refractivity contribution is 5.98. The number of amides is 2. The van der Waals surface area contributed by atoms with Gasteiger partial charge in [0.25, 0.3) is 5.91 Å². The standard InChI is InChI=1S/C17H20N4O4/c18-8-11-1-4-15-14(7-11)20(16(22)10-25-15)6-5-13-3-2-12(19)9-21(13)17(23)24/h1,4,7,12-13H,2-3,5-6,9-10,19H2,(H,23,24)/t12-,13+/m0/s1. The van der Waals surface area contributed by atoms with Gasteiger partial charge < -0.3 is 25.4 Å². The second-order valence-corrected chi connectivity index (χ2v) is 6.34. The minimum absolute atomic E-state index is 0.0584. The number of nitrogens with two attached hydrogens (primary N) is 1. The minimum atomic E-state index is -0.986. The quantitative estimate of drug-likeness (QED) is 0.848. The van der Waals surface area contributed by atoms with Gasteiger partial charge in [-0.05, 0) is 37.5 Å². The number of anilines is 1. The second kappa shape index (κ2) is 6.99. The van der Waals surface area contributed by atoms with Crippen molar-refractivity contribution in [3.63, 3.8) is 0 Å². The summed E-state index contributed by atoms with van der Waals surface area (Å²) >= 11 is 0. The molecular weight excluding hydrogens is 324 g/mol. The van der Waals surface area contributed by atoms with Gasteiger partial charge in [0.2, 0.25) is 0 Å². The zero-order chi connectivity index (χ0) is 18.0. The lowest BCUT2D eigenvalue weighted by Gasteiger charge is -2.38. The van der Waals surface area contributed by atoms with Crippen LogP contribution in [0.2, 0.25) is 0 Å². The maximum atomic E-state index is 12.3. The van der Waals surface area contributed by atoms with Gasteiger partial charge in [-0.15, -0.1) is 0 Å². The number of hydrogen-bond acceptors (Lipinski definition) is 5. The van der Waals surface area contributed by atoms with Crippen molar-refractivity contribution in [1.82, 2.24) is 4.90 Å². The van der Waals surface area contributed by atoms with E-state index in [4.69, 9.17) is 15.7 Å². The van der Waals surface area contributed by atoms with Gasteiger partial charge in [-0.3, -0.25) is 4.79 Å². The molecule has 0 radical (unpaired) electrons. The molecule has 132 valence electrons. The molecule has 2 atom stereocenters. The fourth-order valence-electron chi connectivity index (χ4n) is 3.38. The Morgan fingerprint density at radius 2 is 2.24 bits per heavy atom. The monoisotopic (exact) mass is 344 g/mol. The molecule has 3 N–H and O–H groups in total. The van der Waals surface area contributed by atoms with E-state index in [9.17, 15) is 14.7 Å². The Morgan fingerprint density at radius 3 is 2.96 bits per heavy atom. The number of rotatable bonds is 3. The summed E-state index contributed by atoms with van der Waals surface area (Å²) in [6, 6.07) is 6.68. The molecule has 2 aliphatic heterocycles. The average molecular weight is 344 g/mol. The molecule has 1 saturated heterocycles. The van der Waals surface area contributed by atoms with Crippen molar-refractivity contribution < 1.29 is 19.4 Å². The molecular formula is C17H20N4O4. The molecule has 0 spiro atoms. The lowest BCUT2D eigenvalue weighted by atomic mass is 9.96. The minimum Gasteiger partial charge on any atom is -0.482 e. The van der Waals surface area contributed by atoms with Gasteiger partial charge in [-0.25, -0.2) is 4.79 Å². The number of nitriles is 1. The summed E-state index contributed by atoms with van der Waals surface area (Å²) in [4.78, 5) is 26.7. The number of piperidine rings is 1. The Labute approximate surface area is 145 Å². The molecule has 1 aromatic rings. The first-order chi connectivity index (χ1) is 12.0. The summed E-state index contributed by atoms with van der Waals surface area (Å²) in [7, 11) is 0. The second-order valence-electron chi connectivity index (χ2n) is 6.34. The molecule has 0 unspecified atom stereocenters. The zero-order valence-electron chi connectivity index (χ0n) is 13.7. The Hall–Kier alpha value is -2.79. The van der Waals surface area contributed by atoms with Crippen molar-refractivity contribution in [3.8, 4) is 11.8 Å². The van der Waals surface area contributed by atoms with Crippen molar-refractivity contribution in [2.45, 2.75) is 31.3 Å². The van der Waals surface area contributed by atoms with Crippen LogP contribution in [0.4, 0.5) is 10.5 Å². The number of likely N-dealkylation sites (tertiary alicyclic amines) is 1. The smallest absolute Gasteiger partial charge is 0.407 e. The van der Waals surface area contributed by atoms with Gasteiger partial charge in [0.15, 0.2) is 6.61 Å². The van der Waals surface area contributed by atoms with Crippen LogP contribution in [0.3, 0.4) is 0 Å². The number of carbonyl (C=O) groups is 2. The summed E-state index contributed by atoms with van der Waals surface area (Å²) in [6.07, 6.45) is 0.972. The maximum absolute atomic E-state index is 12.3. The number of fused-ring (bicyclic) bond motifs is 1. The summed E-state index contributed by atoms with van der Waals surface area (Å²) < 4.78 is 5.41. The molecule has 1 aromatic carbocycles. The van der Waals surface area contributed by atoms with E-state index >= 15 is 0 Å². The zero-order valence-corrected chi connectivity index (χ0v) is 13.7. The third-order valence-electron chi connectivity index (χ3n) is 4.71. The molecule has 2 aliphatic rings. The van der Waals surface area contributed by atoms with E-state index in [1.54, 1.807) is 23.1 Å². The Kier molecular flexibility index (Phi) is 4.76. The number of carbonyl (C=O) groups excluding carboxylic acids is 1. The lowest BCUT2D eigenvalue weighted by molar-refractivity contribution is -0.121. The van der Waals surface area contributed by atoms with Crippen molar-refractivity contribution in [3.05, 3.63) is 23.8 Å². The fraction of sp³-hybridized carbons (Fsp3) is 0.471. The van der Waals surface area contributed by atoms with E-state index in [0.29, 0.717) is 42.9 Å². The lowest BCUT2D eigenvalue weighted by Crippen LogP contribution is -2.52. The van der Waals surface area contributed by atoms with Crippen LogP contribution in [0.15, 0.2) is 18.2 Å². The molecule has 1 fully saturated rings. The molecule has 0 saturated carbocycles. The molecule has 8 nitrogen and oxygen atoms in total. The van der Waals surface area contributed by atoms with Crippen molar-refractivity contribution in [1.29, 1.82) is 5.26 Å². The molecule has 3 rings (SSSR count). The summed E-state index contributed by atoms with van der Waals surface area (Å²) in [6.45, 7) is 0.622. The van der Waals surface area contributed by atoms with E-state index < -0.39 is 6.09 Å². The summed E-state index contributed by atoms with van der Waals surface area (Å²) in [5.74, 6) is 0.358. The molecule has 0 bridgehead atoms. The number of benzene rings is 1. The van der Waals surface area contributed by atoms with Gasteiger partial charge in [-0.1, -0.05) is 0 Å². The predicted octanol–water partition coefficient (Wildman–Crippen LogP) is 1.14. The first-order valence-corrected chi connectivity index (χ1v) is 8.22. The number of ether oxygens (including phenoxy) is 1. The van der Waals surface area contributed by atoms with Gasteiger partial charge in [-0.2, -0.15) is 5.26 Å². The van der Waals surface area contributed by atoms with Crippen molar-refractivity contribution >= 4 is 17.7 Å². The third kappa shape index (κ3) is 3.51. The molecule has 8 heteroatoms. The molecule has 0 aliphatic carbocycles. The Morgan fingerprint density at radius 1 is 1.44 bits per heavy atom. The normalized spacial score (nSPS) is 22.8. The van der Waals surface area contributed by atoms with Crippen LogP contribution in [-0.2, 0) is 4.79 Å². The van der Waals surface area contributed by atoms with Crippen molar-refractivity contribution in [2.24, 2.45) is 5.73 Å². The highest BCUT2D eigenvalue weighted by Crippen LogP contribution is 2.33. The van der Waals surface area contributed by atoms with Crippen LogP contribution < -0.4 is 15.4 Å². The van der Waals surface area contributed by atoms with E-state index in [2.05, 4.69) is 6.07 Å². The van der Waals surface area contributed by atoms with Gasteiger partial charge in [0.05, 0.1) is 17.3 Å². The molecule has 25 heavy (non-hydrogen) atoms. The first kappa shape index (κ1) is 17.0. The van der Waals surface area contributed by atoms with Crippen LogP contribution >= 0.6 is 0 Å². The Balaban J connectivity index is 1.76. The van der Waals surface area contributed by atoms with Gasteiger partial charge in [0, 0.05) is 25.2 Å². The maximum Gasteiger partial charge on any atom is 0.407 e. The topological polar surface area (TPSA) is 120 Å². The number of carboxylic acid groups (broad SMARTS) is 1. The largest absolute Gasteiger partial charge is 0.482 e. The number of hydrogen-bond donors (Lipinski definition) is 2. The van der Waals surface area contributed by atoms with Gasteiger partial charge in [0.1, 0.15) is 5.75 Å². The van der Waals surface area contributed by atoms with Crippen LogP contribution in [0.1, 0.15) is 24.8 Å². The molecule has 2 heterocycles. The van der Waals surface area contributed by atoms with Crippen LogP contribution in [-0.4, -0.2) is 53.8 Å². The van der Waals surface area contributed by atoms with Crippen molar-refractivity contribution in [2.75, 3.05) is 24.6 Å². The fourth-order valence-corrected chi connectivity index (χ4v) is 3.38. The van der Waals surface area contributed by atoms with E-state index in [1.807, 2.05) is 0 Å². The molecule has 2 amide bonds. The average Bonchev–Trinajstić information content (AvgIpc) is 2.61. The van der Waals surface area contributed by atoms with Crippen LogP contribution in [0.25, 0.3) is 0 Å². The van der Waals surface area contributed by atoms with Gasteiger partial charge >= 0.3 is 6.09 Å². The highest BCUT2D eigenvalue weighted by atomic mass is 16.5. The predicted molar refractivity (Wildman–Crippen MR) is 89.4 cm³/mol. The molecule has 0 aromatic heterocycles. The number of nitrogens with zero attached hydrogens (tertiary/aromatic N) is 3. The Bertz CT molecular complexity index is 730. The third-order valence-corrected chi connectivity index (χ3v) is 4.71. The van der Waals surface area contributed by atoms with E-state index in [1.165, 1.54) is 4.90 Å². The van der Waals surface area contributed by atoms with Crippen LogP contribution in [0, 0.1) is 11.3 Å². The van der Waals surface area contributed by atoms with E-state index in [-0.39, 0.29) is 24.6 Å². The first-order valence-electron chi connectivity index (χ1n) is 8.22. The summed E-state index contributed by atoms with van der Waals surface area (Å²) in [5, 5.41) is 18.4. The van der Waals surface area contributed by atoms with Crippen LogP contribution in [0.5, 0.6) is 5.75 Å². The summed E-state index contributed by atoms with van der Waals surface area (Å²) in [5.41, 5.74) is 6.87. The highest BCUT2D eigenvalue weighted by Gasteiger charge is 2.32. The van der Waals surface area contributed by atoms with E-state index in [0.717, 1.165) is 6.42 Å². The SMILES string of the molecule is N#Cc1ccc2c(c1)N(CC[C@H]1CC[C@H](N)CN1C(=O)O)C(=O)CO2.